The van der Waals surface area contributed by atoms with Crippen LogP contribution in [0.1, 0.15) is 34.3 Å². The predicted octanol–water partition coefficient (Wildman–Crippen LogP) is 2.65. The van der Waals surface area contributed by atoms with Crippen molar-refractivity contribution in [2.75, 3.05) is 13.1 Å². The molecule has 6 heteroatoms. The summed E-state index contributed by atoms with van der Waals surface area (Å²) in [6.07, 6.45) is 6.74. The number of Topliss-reactive ketones (excluding diaryl/α,β-unsaturated/α-hetero) is 1. The minimum Gasteiger partial charge on any atom is -0.340 e. The third kappa shape index (κ3) is 2.89. The minimum atomic E-state index is -0.146. The van der Waals surface area contributed by atoms with Crippen LogP contribution in [-0.2, 0) is 24.2 Å². The fourth-order valence-corrected chi connectivity index (χ4v) is 4.65. The molecule has 1 aromatic heterocycles. The number of hydrogen-bond acceptors (Lipinski definition) is 4. The molecule has 1 saturated heterocycles. The second-order valence-corrected chi connectivity index (χ2v) is 7.75. The maximum absolute atomic E-state index is 13.4. The van der Waals surface area contributed by atoms with Crippen molar-refractivity contribution in [3.63, 3.8) is 0 Å². The molecule has 2 heterocycles. The number of aryl methyl sites for hydroxylation is 2. The highest BCUT2D eigenvalue weighted by Gasteiger charge is 2.30. The second kappa shape index (κ2) is 6.86. The molecule has 28 heavy (non-hydrogen) atoms. The van der Waals surface area contributed by atoms with E-state index in [1.807, 2.05) is 6.07 Å². The fraction of sp³-hybridized carbons (Fsp3) is 0.364. The highest BCUT2D eigenvalue weighted by molar-refractivity contribution is 6.11. The van der Waals surface area contributed by atoms with Gasteiger partial charge in [0.25, 0.3) is 0 Å². The van der Waals surface area contributed by atoms with Crippen LogP contribution in [0.2, 0.25) is 0 Å². The molecule has 1 unspecified atom stereocenters. The number of carbonyl (C=O) groups is 2. The number of carbonyl (C=O) groups excluding carboxylic acids is 2. The van der Waals surface area contributed by atoms with Crippen molar-refractivity contribution in [1.29, 1.82) is 0 Å². The van der Waals surface area contributed by atoms with Crippen LogP contribution in [-0.4, -0.2) is 44.4 Å². The Morgan fingerprint density at radius 1 is 1.11 bits per heavy atom. The molecule has 1 aliphatic heterocycles. The highest BCUT2D eigenvalue weighted by atomic mass is 16.2. The third-order valence-electron chi connectivity index (χ3n) is 6.05. The first-order valence-electron chi connectivity index (χ1n) is 9.88. The zero-order chi connectivity index (χ0) is 19.1. The van der Waals surface area contributed by atoms with Gasteiger partial charge in [-0.1, -0.05) is 30.3 Å². The van der Waals surface area contributed by atoms with Crippen LogP contribution in [0.5, 0.6) is 0 Å². The first-order valence-corrected chi connectivity index (χ1v) is 9.88. The summed E-state index contributed by atoms with van der Waals surface area (Å²) < 4.78 is 1.52. The van der Waals surface area contributed by atoms with E-state index in [0.29, 0.717) is 13.1 Å². The first kappa shape index (κ1) is 17.1. The molecule has 1 fully saturated rings. The van der Waals surface area contributed by atoms with Crippen LogP contribution < -0.4 is 0 Å². The van der Waals surface area contributed by atoms with E-state index >= 15 is 0 Å². The molecule has 0 N–H and O–H groups in total. The van der Waals surface area contributed by atoms with E-state index in [1.165, 1.54) is 33.8 Å². The molecule has 1 atom stereocenters. The number of rotatable bonds is 4. The van der Waals surface area contributed by atoms with Gasteiger partial charge in [0.2, 0.25) is 5.91 Å². The largest absolute Gasteiger partial charge is 0.340 e. The quantitative estimate of drug-likeness (QED) is 0.659. The van der Waals surface area contributed by atoms with Gasteiger partial charge < -0.3 is 4.90 Å². The minimum absolute atomic E-state index is 0.0107. The molecule has 6 nitrogen and oxygen atoms in total. The van der Waals surface area contributed by atoms with Crippen molar-refractivity contribution < 1.29 is 9.59 Å². The van der Waals surface area contributed by atoms with Gasteiger partial charge in [-0.15, -0.1) is 0 Å². The van der Waals surface area contributed by atoms with Gasteiger partial charge in [-0.3, -0.25) is 9.59 Å². The fourth-order valence-electron chi connectivity index (χ4n) is 4.65. The zero-order valence-corrected chi connectivity index (χ0v) is 15.7. The summed E-state index contributed by atoms with van der Waals surface area (Å²) in [5.74, 6) is 0.00386. The Hall–Kier alpha value is -3.02. The lowest BCUT2D eigenvalue weighted by molar-refractivity contribution is -0.133. The van der Waals surface area contributed by atoms with Crippen LogP contribution in [0.15, 0.2) is 43.0 Å². The Morgan fingerprint density at radius 2 is 1.96 bits per heavy atom. The molecule has 1 aliphatic carbocycles. The number of hydrogen-bond donors (Lipinski definition) is 0. The third-order valence-corrected chi connectivity index (χ3v) is 6.05. The van der Waals surface area contributed by atoms with Crippen molar-refractivity contribution in [2.45, 2.75) is 32.2 Å². The summed E-state index contributed by atoms with van der Waals surface area (Å²) in [5.41, 5.74) is 3.49. The van der Waals surface area contributed by atoms with Crippen molar-refractivity contribution in [3.05, 3.63) is 59.7 Å². The van der Waals surface area contributed by atoms with Gasteiger partial charge in [-0.05, 0) is 47.6 Å². The van der Waals surface area contributed by atoms with Crippen LogP contribution >= 0.6 is 0 Å². The Kier molecular flexibility index (Phi) is 4.19. The topological polar surface area (TPSA) is 68.1 Å². The predicted molar refractivity (Wildman–Crippen MR) is 105 cm³/mol. The van der Waals surface area contributed by atoms with Gasteiger partial charge in [0.15, 0.2) is 5.78 Å². The lowest BCUT2D eigenvalue weighted by atomic mass is 9.87. The molecule has 142 valence electrons. The number of aromatic nitrogens is 3. The number of amides is 1. The van der Waals surface area contributed by atoms with Gasteiger partial charge in [0.1, 0.15) is 19.2 Å². The summed E-state index contributed by atoms with van der Waals surface area (Å²) in [7, 11) is 0. The number of ketones is 1. The van der Waals surface area contributed by atoms with Gasteiger partial charge in [-0.2, -0.15) is 5.10 Å². The SMILES string of the molecule is O=C(c1ccc2c3c(cccc13)CC2)C1CCCN(C(=O)Cn2cncn2)C1. The molecule has 0 saturated carbocycles. The van der Waals surface area contributed by atoms with Gasteiger partial charge in [-0.25, -0.2) is 9.67 Å². The molecule has 2 aromatic carbocycles. The Labute approximate surface area is 163 Å². The molecule has 0 spiro atoms. The normalized spacial score (nSPS) is 18.6. The Balaban J connectivity index is 1.38. The van der Waals surface area contributed by atoms with E-state index in [-0.39, 0.29) is 24.2 Å². The van der Waals surface area contributed by atoms with Gasteiger partial charge in [0, 0.05) is 24.6 Å². The maximum atomic E-state index is 13.4. The Morgan fingerprint density at radius 3 is 2.79 bits per heavy atom. The number of piperidine rings is 1. The number of benzene rings is 2. The van der Waals surface area contributed by atoms with E-state index < -0.39 is 0 Å². The van der Waals surface area contributed by atoms with E-state index in [2.05, 4.69) is 34.3 Å². The molecule has 5 rings (SSSR count). The zero-order valence-electron chi connectivity index (χ0n) is 15.7. The molecule has 2 aliphatic rings. The van der Waals surface area contributed by atoms with Crippen molar-refractivity contribution in [1.82, 2.24) is 19.7 Å². The van der Waals surface area contributed by atoms with Gasteiger partial charge in [0.05, 0.1) is 0 Å². The molecule has 0 radical (unpaired) electrons. The van der Waals surface area contributed by atoms with Gasteiger partial charge >= 0.3 is 0 Å². The smallest absolute Gasteiger partial charge is 0.244 e. The van der Waals surface area contributed by atoms with Crippen molar-refractivity contribution in [3.8, 4) is 0 Å². The monoisotopic (exact) mass is 374 g/mol. The molecular formula is C22H22N4O2. The van der Waals surface area contributed by atoms with E-state index in [1.54, 1.807) is 4.90 Å². The van der Waals surface area contributed by atoms with E-state index in [0.717, 1.165) is 36.6 Å². The number of likely N-dealkylation sites (tertiary alicyclic amines) is 1. The summed E-state index contributed by atoms with van der Waals surface area (Å²) in [6.45, 7) is 1.35. The summed E-state index contributed by atoms with van der Waals surface area (Å²) in [5, 5.41) is 6.34. The van der Waals surface area contributed by atoms with Crippen LogP contribution in [0.3, 0.4) is 0 Å². The summed E-state index contributed by atoms with van der Waals surface area (Å²) >= 11 is 0. The lowest BCUT2D eigenvalue weighted by Gasteiger charge is -2.32. The average Bonchev–Trinajstić information content (AvgIpc) is 3.39. The molecule has 1 amide bonds. The highest BCUT2D eigenvalue weighted by Crippen LogP contribution is 2.34. The first-order chi connectivity index (χ1) is 13.7. The standard InChI is InChI=1S/C22H22N4O2/c27-20(12-26-14-23-13-24-26)25-10-2-4-17(11-25)22(28)19-9-8-16-7-6-15-3-1-5-18(19)21(15)16/h1,3,5,8-9,13-14,17H,2,4,6-7,10-12H2. The Bertz CT molecular complexity index is 1050. The molecule has 3 aromatic rings. The lowest BCUT2D eigenvalue weighted by Crippen LogP contribution is -2.43. The van der Waals surface area contributed by atoms with Crippen molar-refractivity contribution >= 4 is 22.5 Å². The summed E-state index contributed by atoms with van der Waals surface area (Å²) in [4.78, 5) is 31.7. The molecular weight excluding hydrogens is 352 g/mol. The van der Waals surface area contributed by atoms with Crippen LogP contribution in [0.25, 0.3) is 10.8 Å². The summed E-state index contributed by atoms with van der Waals surface area (Å²) in [6, 6.07) is 10.4. The van der Waals surface area contributed by atoms with Crippen molar-refractivity contribution in [2.24, 2.45) is 5.92 Å². The number of nitrogens with zero attached hydrogens (tertiary/aromatic N) is 4. The van der Waals surface area contributed by atoms with E-state index in [9.17, 15) is 9.59 Å². The van der Waals surface area contributed by atoms with Crippen LogP contribution in [0, 0.1) is 5.92 Å². The maximum Gasteiger partial charge on any atom is 0.244 e. The van der Waals surface area contributed by atoms with Crippen LogP contribution in [0.4, 0.5) is 0 Å². The average molecular weight is 374 g/mol. The molecule has 0 bridgehead atoms. The van der Waals surface area contributed by atoms with E-state index in [4.69, 9.17) is 0 Å². The second-order valence-electron chi connectivity index (χ2n) is 7.75.